The Bertz CT molecular complexity index is 533. The van der Waals surface area contributed by atoms with Crippen LogP contribution in [-0.4, -0.2) is 18.1 Å². The molecule has 2 aromatic rings. The topological polar surface area (TPSA) is 46.3 Å². The highest BCUT2D eigenvalue weighted by Crippen LogP contribution is 2.35. The number of nitrogens with zero attached hydrogens (tertiary/aromatic N) is 2. The fourth-order valence-corrected chi connectivity index (χ4v) is 2.05. The summed E-state index contributed by atoms with van der Waals surface area (Å²) in [6.45, 7) is 0.661. The number of carbonyl (C=O) groups excluding carboxylic acids is 1. The predicted molar refractivity (Wildman–Crippen MR) is 59.1 cm³/mol. The summed E-state index contributed by atoms with van der Waals surface area (Å²) in [4.78, 5) is 12.7. The van der Waals surface area contributed by atoms with E-state index in [-0.39, 0.29) is 0 Å². The Kier molecular flexibility index (Phi) is 1.99. The number of para-hydroxylation sites is 1. The first kappa shape index (κ1) is 9.15. The van der Waals surface area contributed by atoms with Gasteiger partial charge in [0.2, 0.25) is 6.41 Å². The van der Waals surface area contributed by atoms with E-state index in [9.17, 15) is 4.79 Å². The van der Waals surface area contributed by atoms with Crippen LogP contribution >= 0.6 is 0 Å². The van der Waals surface area contributed by atoms with E-state index in [1.54, 1.807) is 11.1 Å². The zero-order chi connectivity index (χ0) is 11.0. The highest BCUT2D eigenvalue weighted by Gasteiger charge is 2.21. The van der Waals surface area contributed by atoms with Gasteiger partial charge in [-0.1, -0.05) is 17.3 Å². The molecule has 1 aliphatic heterocycles. The van der Waals surface area contributed by atoms with Gasteiger partial charge in [0.1, 0.15) is 0 Å². The molecule has 1 aromatic carbocycles. The normalized spacial score (nSPS) is 13.9. The Hall–Kier alpha value is -2.10. The standard InChI is InChI=1S/C12H10N2O2/c15-8-14-6-5-9-7-13-16-12(9)10-3-1-2-4-11(10)14/h1-4,7-8H,5-6H2. The molecule has 1 amide bonds. The van der Waals surface area contributed by atoms with Crippen molar-refractivity contribution in [3.63, 3.8) is 0 Å². The number of anilines is 1. The van der Waals surface area contributed by atoms with Crippen LogP contribution in [0.15, 0.2) is 35.0 Å². The molecule has 0 unspecified atom stereocenters. The average molecular weight is 214 g/mol. The average Bonchev–Trinajstić information content (AvgIpc) is 2.73. The SMILES string of the molecule is O=CN1CCc2cnoc2-c2ccccc21. The van der Waals surface area contributed by atoms with Gasteiger partial charge >= 0.3 is 0 Å². The van der Waals surface area contributed by atoms with E-state index in [0.717, 1.165) is 35.4 Å². The summed E-state index contributed by atoms with van der Waals surface area (Å²) in [5, 5.41) is 3.81. The monoisotopic (exact) mass is 214 g/mol. The van der Waals surface area contributed by atoms with E-state index in [2.05, 4.69) is 5.16 Å². The Morgan fingerprint density at radius 1 is 1.38 bits per heavy atom. The summed E-state index contributed by atoms with van der Waals surface area (Å²) >= 11 is 0. The molecule has 4 nitrogen and oxygen atoms in total. The second-order valence-corrected chi connectivity index (χ2v) is 3.75. The first-order valence-corrected chi connectivity index (χ1v) is 5.15. The van der Waals surface area contributed by atoms with Crippen molar-refractivity contribution in [2.75, 3.05) is 11.4 Å². The maximum absolute atomic E-state index is 11.0. The van der Waals surface area contributed by atoms with Gasteiger partial charge in [0.25, 0.3) is 0 Å². The van der Waals surface area contributed by atoms with E-state index < -0.39 is 0 Å². The first-order valence-electron chi connectivity index (χ1n) is 5.15. The predicted octanol–water partition coefficient (Wildman–Crippen LogP) is 1.86. The van der Waals surface area contributed by atoms with Gasteiger partial charge in [-0.2, -0.15) is 0 Å². The molecule has 0 spiro atoms. The van der Waals surface area contributed by atoms with Crippen LogP contribution in [0.1, 0.15) is 5.56 Å². The van der Waals surface area contributed by atoms with E-state index in [4.69, 9.17) is 4.52 Å². The molecular formula is C12H10N2O2. The van der Waals surface area contributed by atoms with Gasteiger partial charge in [0, 0.05) is 17.7 Å². The van der Waals surface area contributed by atoms with Crippen molar-refractivity contribution in [3.8, 4) is 11.3 Å². The number of hydrogen-bond acceptors (Lipinski definition) is 3. The summed E-state index contributed by atoms with van der Waals surface area (Å²) in [6.07, 6.45) is 3.35. The maximum atomic E-state index is 11.0. The lowest BCUT2D eigenvalue weighted by Crippen LogP contribution is -2.22. The van der Waals surface area contributed by atoms with E-state index in [0.29, 0.717) is 6.54 Å². The fourth-order valence-electron chi connectivity index (χ4n) is 2.05. The third-order valence-electron chi connectivity index (χ3n) is 2.85. The number of hydrogen-bond donors (Lipinski definition) is 0. The molecule has 0 bridgehead atoms. The van der Waals surface area contributed by atoms with Gasteiger partial charge in [-0.25, -0.2) is 0 Å². The largest absolute Gasteiger partial charge is 0.356 e. The van der Waals surface area contributed by atoms with Crippen LogP contribution in [0.5, 0.6) is 0 Å². The molecule has 2 heterocycles. The van der Waals surface area contributed by atoms with Crippen molar-refractivity contribution in [2.24, 2.45) is 0 Å². The molecular weight excluding hydrogens is 204 g/mol. The number of benzene rings is 1. The van der Waals surface area contributed by atoms with Gasteiger partial charge in [-0.05, 0) is 18.6 Å². The molecule has 1 aromatic heterocycles. The van der Waals surface area contributed by atoms with Crippen molar-refractivity contribution in [2.45, 2.75) is 6.42 Å². The molecule has 0 atom stereocenters. The van der Waals surface area contributed by atoms with E-state index >= 15 is 0 Å². The third kappa shape index (κ3) is 1.23. The highest BCUT2D eigenvalue weighted by atomic mass is 16.5. The molecule has 0 saturated heterocycles. The van der Waals surface area contributed by atoms with Crippen LogP contribution in [0.3, 0.4) is 0 Å². The van der Waals surface area contributed by atoms with Gasteiger partial charge in [0.15, 0.2) is 5.76 Å². The molecule has 4 heteroatoms. The molecule has 0 aliphatic carbocycles. The van der Waals surface area contributed by atoms with Crippen molar-refractivity contribution < 1.29 is 9.32 Å². The molecule has 16 heavy (non-hydrogen) atoms. The summed E-state index contributed by atoms with van der Waals surface area (Å²) in [5.74, 6) is 0.778. The van der Waals surface area contributed by atoms with Gasteiger partial charge in [-0.3, -0.25) is 4.79 Å². The Balaban J connectivity index is 2.25. The second kappa shape index (κ2) is 3.48. The Morgan fingerprint density at radius 2 is 2.25 bits per heavy atom. The van der Waals surface area contributed by atoms with Crippen molar-refractivity contribution in [1.29, 1.82) is 0 Å². The molecule has 0 saturated carbocycles. The Morgan fingerprint density at radius 3 is 3.12 bits per heavy atom. The zero-order valence-corrected chi connectivity index (χ0v) is 8.59. The number of rotatable bonds is 1. The highest BCUT2D eigenvalue weighted by molar-refractivity contribution is 5.87. The number of fused-ring (bicyclic) bond motifs is 3. The minimum Gasteiger partial charge on any atom is -0.356 e. The van der Waals surface area contributed by atoms with Crippen LogP contribution in [0.2, 0.25) is 0 Å². The number of amides is 1. The van der Waals surface area contributed by atoms with Crippen molar-refractivity contribution in [1.82, 2.24) is 5.16 Å². The molecule has 0 N–H and O–H groups in total. The van der Waals surface area contributed by atoms with E-state index in [1.807, 2.05) is 24.3 Å². The summed E-state index contributed by atoms with van der Waals surface area (Å²) < 4.78 is 5.26. The quantitative estimate of drug-likeness (QED) is 0.681. The van der Waals surface area contributed by atoms with Crippen LogP contribution in [0.4, 0.5) is 5.69 Å². The summed E-state index contributed by atoms with van der Waals surface area (Å²) in [7, 11) is 0. The summed E-state index contributed by atoms with van der Waals surface area (Å²) in [6, 6.07) is 7.71. The maximum Gasteiger partial charge on any atom is 0.214 e. The van der Waals surface area contributed by atoms with Gasteiger partial charge < -0.3 is 9.42 Å². The lowest BCUT2D eigenvalue weighted by molar-refractivity contribution is -0.107. The third-order valence-corrected chi connectivity index (χ3v) is 2.85. The fraction of sp³-hybridized carbons (Fsp3) is 0.167. The molecule has 0 fully saturated rings. The number of aromatic nitrogens is 1. The van der Waals surface area contributed by atoms with Crippen LogP contribution in [0, 0.1) is 0 Å². The minimum atomic E-state index is 0.661. The second-order valence-electron chi connectivity index (χ2n) is 3.75. The number of carbonyl (C=O) groups is 1. The van der Waals surface area contributed by atoms with Crippen molar-refractivity contribution in [3.05, 3.63) is 36.0 Å². The first-order chi connectivity index (χ1) is 7.90. The smallest absolute Gasteiger partial charge is 0.214 e. The lowest BCUT2D eigenvalue weighted by Gasteiger charge is -2.16. The van der Waals surface area contributed by atoms with Crippen LogP contribution in [0.25, 0.3) is 11.3 Å². The van der Waals surface area contributed by atoms with Gasteiger partial charge in [-0.15, -0.1) is 0 Å². The lowest BCUT2D eigenvalue weighted by atomic mass is 10.1. The zero-order valence-electron chi connectivity index (χ0n) is 8.59. The van der Waals surface area contributed by atoms with Crippen LogP contribution < -0.4 is 4.90 Å². The Labute approximate surface area is 92.5 Å². The molecule has 80 valence electrons. The van der Waals surface area contributed by atoms with Crippen LogP contribution in [-0.2, 0) is 11.2 Å². The van der Waals surface area contributed by atoms with E-state index in [1.165, 1.54) is 0 Å². The molecule has 1 aliphatic rings. The minimum absolute atomic E-state index is 0.661. The summed E-state index contributed by atoms with van der Waals surface area (Å²) in [5.41, 5.74) is 2.87. The van der Waals surface area contributed by atoms with Crippen molar-refractivity contribution >= 4 is 12.1 Å². The van der Waals surface area contributed by atoms with Gasteiger partial charge in [0.05, 0.1) is 11.9 Å². The molecule has 3 rings (SSSR count). The molecule has 0 radical (unpaired) electrons.